The normalized spacial score (nSPS) is 11.9. The van der Waals surface area contributed by atoms with E-state index in [0.29, 0.717) is 25.0 Å². The zero-order valence-electron chi connectivity index (χ0n) is 10.7. The lowest BCUT2D eigenvalue weighted by atomic mass is 10.2. The highest BCUT2D eigenvalue weighted by molar-refractivity contribution is 5.77. The molecule has 0 aliphatic rings. The largest absolute Gasteiger partial charge is 0.370 e. The molecule has 94 valence electrons. The molecule has 2 N–H and O–H groups in total. The van der Waals surface area contributed by atoms with E-state index >= 15 is 0 Å². The first kappa shape index (κ1) is 13.5. The van der Waals surface area contributed by atoms with E-state index in [1.54, 1.807) is 6.07 Å². The quantitative estimate of drug-likeness (QED) is 0.644. The topological polar surface area (TPSA) is 41.6 Å². The Morgan fingerprint density at radius 3 is 2.76 bits per heavy atom. The highest BCUT2D eigenvalue weighted by Crippen LogP contribution is 2.06. The van der Waals surface area contributed by atoms with Crippen molar-refractivity contribution in [3.05, 3.63) is 35.6 Å². The van der Waals surface area contributed by atoms with Crippen LogP contribution >= 0.6 is 0 Å². The number of guanidine groups is 1. The van der Waals surface area contributed by atoms with Gasteiger partial charge in [0.25, 0.3) is 0 Å². The van der Waals surface area contributed by atoms with Gasteiger partial charge in [0, 0.05) is 20.1 Å². The number of benzene rings is 1. The fraction of sp³-hybridized carbons (Fsp3) is 0.462. The molecule has 17 heavy (non-hydrogen) atoms. The Bertz CT molecular complexity index is 388. The molecule has 4 heteroatoms. The van der Waals surface area contributed by atoms with Crippen molar-refractivity contribution in [2.45, 2.75) is 20.4 Å². The summed E-state index contributed by atoms with van der Waals surface area (Å²) in [5, 5.41) is 0. The maximum atomic E-state index is 13.0. The Kier molecular flexibility index (Phi) is 4.94. The van der Waals surface area contributed by atoms with Crippen LogP contribution in [-0.2, 0) is 6.54 Å². The Morgan fingerprint density at radius 1 is 1.47 bits per heavy atom. The second kappa shape index (κ2) is 6.23. The van der Waals surface area contributed by atoms with Gasteiger partial charge in [-0.15, -0.1) is 0 Å². The first-order valence-corrected chi connectivity index (χ1v) is 5.74. The minimum atomic E-state index is -0.228. The van der Waals surface area contributed by atoms with Crippen molar-refractivity contribution in [3.63, 3.8) is 0 Å². The second-order valence-electron chi connectivity index (χ2n) is 4.58. The number of rotatable bonds is 4. The standard InChI is InChI=1S/C13H20FN3/c1-10(2)8-16-13(15)17(3)9-11-5-4-6-12(14)7-11/h4-7,10H,8-9H2,1-3H3,(H2,15,16). The van der Waals surface area contributed by atoms with Gasteiger partial charge in [0.15, 0.2) is 5.96 Å². The number of aliphatic imine (C=N–C) groups is 1. The van der Waals surface area contributed by atoms with Crippen molar-refractivity contribution >= 4 is 5.96 Å². The lowest BCUT2D eigenvalue weighted by Gasteiger charge is -2.18. The van der Waals surface area contributed by atoms with E-state index in [1.165, 1.54) is 12.1 Å². The molecule has 0 radical (unpaired) electrons. The molecular formula is C13H20FN3. The molecule has 0 spiro atoms. The molecule has 0 unspecified atom stereocenters. The molecule has 0 aliphatic carbocycles. The van der Waals surface area contributed by atoms with Crippen molar-refractivity contribution < 1.29 is 4.39 Å². The van der Waals surface area contributed by atoms with Crippen LogP contribution in [0.1, 0.15) is 19.4 Å². The highest BCUT2D eigenvalue weighted by atomic mass is 19.1. The predicted octanol–water partition coefficient (Wildman–Crippen LogP) is 2.23. The Hall–Kier alpha value is -1.58. The SMILES string of the molecule is CC(C)CN=C(N)N(C)Cc1cccc(F)c1. The van der Waals surface area contributed by atoms with E-state index in [2.05, 4.69) is 18.8 Å². The number of hydrogen-bond acceptors (Lipinski definition) is 1. The van der Waals surface area contributed by atoms with Crippen LogP contribution in [0.25, 0.3) is 0 Å². The van der Waals surface area contributed by atoms with E-state index < -0.39 is 0 Å². The van der Waals surface area contributed by atoms with Crippen molar-refractivity contribution in [1.29, 1.82) is 0 Å². The average molecular weight is 237 g/mol. The van der Waals surface area contributed by atoms with Gasteiger partial charge in [-0.25, -0.2) is 4.39 Å². The summed E-state index contributed by atoms with van der Waals surface area (Å²) in [6.07, 6.45) is 0. The van der Waals surface area contributed by atoms with Gasteiger partial charge in [-0.05, 0) is 23.6 Å². The van der Waals surface area contributed by atoms with Crippen LogP contribution in [0.15, 0.2) is 29.3 Å². The maximum Gasteiger partial charge on any atom is 0.191 e. The van der Waals surface area contributed by atoms with Gasteiger partial charge in [0.05, 0.1) is 0 Å². The van der Waals surface area contributed by atoms with Crippen molar-refractivity contribution in [1.82, 2.24) is 4.90 Å². The van der Waals surface area contributed by atoms with Crippen LogP contribution in [0.2, 0.25) is 0 Å². The molecule has 1 aromatic rings. The molecular weight excluding hydrogens is 217 g/mol. The van der Waals surface area contributed by atoms with Crippen LogP contribution in [0.4, 0.5) is 4.39 Å². The smallest absolute Gasteiger partial charge is 0.191 e. The number of nitrogens with zero attached hydrogens (tertiary/aromatic N) is 2. The molecule has 0 atom stereocenters. The fourth-order valence-electron chi connectivity index (χ4n) is 1.39. The lowest BCUT2D eigenvalue weighted by molar-refractivity contribution is 0.486. The summed E-state index contributed by atoms with van der Waals surface area (Å²) in [6, 6.07) is 6.50. The Labute approximate surface area is 102 Å². The van der Waals surface area contributed by atoms with Crippen molar-refractivity contribution in [2.24, 2.45) is 16.6 Å². The van der Waals surface area contributed by atoms with Crippen LogP contribution in [0.3, 0.4) is 0 Å². The first-order valence-electron chi connectivity index (χ1n) is 5.74. The third kappa shape index (κ3) is 4.85. The lowest BCUT2D eigenvalue weighted by Crippen LogP contribution is -2.33. The van der Waals surface area contributed by atoms with Crippen molar-refractivity contribution in [3.8, 4) is 0 Å². The average Bonchev–Trinajstić information content (AvgIpc) is 2.25. The summed E-state index contributed by atoms with van der Waals surface area (Å²) in [4.78, 5) is 6.09. The van der Waals surface area contributed by atoms with Crippen LogP contribution in [0.5, 0.6) is 0 Å². The van der Waals surface area contributed by atoms with E-state index in [9.17, 15) is 4.39 Å². The minimum Gasteiger partial charge on any atom is -0.370 e. The summed E-state index contributed by atoms with van der Waals surface area (Å²) in [5.41, 5.74) is 6.72. The number of halogens is 1. The Balaban J connectivity index is 2.59. The van der Waals surface area contributed by atoms with E-state index in [4.69, 9.17) is 5.73 Å². The molecule has 0 saturated carbocycles. The first-order chi connectivity index (χ1) is 7.99. The van der Waals surface area contributed by atoms with Gasteiger partial charge in [-0.3, -0.25) is 4.99 Å². The van der Waals surface area contributed by atoms with Gasteiger partial charge in [-0.1, -0.05) is 26.0 Å². The summed E-state index contributed by atoms with van der Waals surface area (Å²) in [5.74, 6) is 0.743. The molecule has 1 rings (SSSR count). The minimum absolute atomic E-state index is 0.228. The summed E-state index contributed by atoms with van der Waals surface area (Å²) < 4.78 is 13.0. The number of nitrogens with two attached hydrogens (primary N) is 1. The summed E-state index contributed by atoms with van der Waals surface area (Å²) >= 11 is 0. The number of hydrogen-bond donors (Lipinski definition) is 1. The maximum absolute atomic E-state index is 13.0. The molecule has 3 nitrogen and oxygen atoms in total. The van der Waals surface area contributed by atoms with Gasteiger partial charge in [0.1, 0.15) is 5.82 Å². The van der Waals surface area contributed by atoms with Crippen molar-refractivity contribution in [2.75, 3.05) is 13.6 Å². The summed E-state index contributed by atoms with van der Waals surface area (Å²) in [7, 11) is 1.85. The van der Waals surface area contributed by atoms with Gasteiger partial charge < -0.3 is 10.6 Å². The zero-order chi connectivity index (χ0) is 12.8. The molecule has 0 fully saturated rings. The zero-order valence-corrected chi connectivity index (χ0v) is 10.7. The predicted molar refractivity (Wildman–Crippen MR) is 69.2 cm³/mol. The van der Waals surface area contributed by atoms with E-state index in [-0.39, 0.29) is 5.82 Å². The van der Waals surface area contributed by atoms with Gasteiger partial charge >= 0.3 is 0 Å². The van der Waals surface area contributed by atoms with Crippen LogP contribution < -0.4 is 5.73 Å². The fourth-order valence-corrected chi connectivity index (χ4v) is 1.39. The second-order valence-corrected chi connectivity index (χ2v) is 4.58. The molecule has 0 aromatic heterocycles. The highest BCUT2D eigenvalue weighted by Gasteiger charge is 2.04. The van der Waals surface area contributed by atoms with E-state index in [1.807, 2.05) is 18.0 Å². The van der Waals surface area contributed by atoms with Gasteiger partial charge in [0.2, 0.25) is 0 Å². The monoisotopic (exact) mass is 237 g/mol. The molecule has 0 amide bonds. The molecule has 0 heterocycles. The molecule has 0 bridgehead atoms. The van der Waals surface area contributed by atoms with Crippen LogP contribution in [0, 0.1) is 11.7 Å². The van der Waals surface area contributed by atoms with E-state index in [0.717, 1.165) is 5.56 Å². The molecule has 1 aromatic carbocycles. The van der Waals surface area contributed by atoms with Crippen LogP contribution in [-0.4, -0.2) is 24.5 Å². The molecule has 0 saturated heterocycles. The molecule has 0 aliphatic heterocycles. The van der Waals surface area contributed by atoms with Gasteiger partial charge in [-0.2, -0.15) is 0 Å². The Morgan fingerprint density at radius 2 is 2.18 bits per heavy atom. The summed E-state index contributed by atoms with van der Waals surface area (Å²) in [6.45, 7) is 5.44. The third-order valence-corrected chi connectivity index (χ3v) is 2.32. The third-order valence-electron chi connectivity index (χ3n) is 2.32.